The van der Waals surface area contributed by atoms with Gasteiger partial charge >= 0.3 is 0 Å². The van der Waals surface area contributed by atoms with Crippen molar-refractivity contribution in [3.05, 3.63) is 59.0 Å². The van der Waals surface area contributed by atoms with Crippen LogP contribution < -0.4 is 4.90 Å². The van der Waals surface area contributed by atoms with Crippen LogP contribution in [-0.2, 0) is 0 Å². The van der Waals surface area contributed by atoms with Crippen molar-refractivity contribution in [1.82, 2.24) is 9.88 Å². The van der Waals surface area contributed by atoms with Crippen molar-refractivity contribution in [3.63, 3.8) is 0 Å². The molecule has 0 bridgehead atoms. The van der Waals surface area contributed by atoms with Gasteiger partial charge in [0, 0.05) is 49.8 Å². The standard InChI is InChI=1S/C20H19FN4O/c1-13-2-4-15(6-18(13)21)20(26)25-11-16-9-24(10-17(16)12-25)19-5-3-14(7-22)8-23-19/h2-6,8,16-17H,9-12H2,1H3. The van der Waals surface area contributed by atoms with E-state index >= 15 is 0 Å². The van der Waals surface area contributed by atoms with E-state index in [0.29, 0.717) is 41.6 Å². The monoisotopic (exact) mass is 350 g/mol. The number of carbonyl (C=O) groups is 1. The van der Waals surface area contributed by atoms with E-state index in [1.54, 1.807) is 31.3 Å². The fraction of sp³-hybridized carbons (Fsp3) is 0.350. The first-order valence-electron chi connectivity index (χ1n) is 8.71. The van der Waals surface area contributed by atoms with Crippen LogP contribution in [0.3, 0.4) is 0 Å². The van der Waals surface area contributed by atoms with Crippen LogP contribution in [0.1, 0.15) is 21.5 Å². The zero-order valence-electron chi connectivity index (χ0n) is 14.5. The highest BCUT2D eigenvalue weighted by Crippen LogP contribution is 2.34. The molecule has 2 fully saturated rings. The van der Waals surface area contributed by atoms with E-state index in [-0.39, 0.29) is 11.7 Å². The molecule has 2 aliphatic heterocycles. The van der Waals surface area contributed by atoms with Crippen LogP contribution in [0, 0.1) is 35.9 Å². The number of rotatable bonds is 2. The van der Waals surface area contributed by atoms with Crippen LogP contribution in [0.15, 0.2) is 36.5 Å². The Bertz CT molecular complexity index is 876. The van der Waals surface area contributed by atoms with Crippen molar-refractivity contribution in [1.29, 1.82) is 5.26 Å². The normalized spacial score (nSPS) is 21.6. The van der Waals surface area contributed by atoms with E-state index < -0.39 is 0 Å². The van der Waals surface area contributed by atoms with Gasteiger partial charge in [-0.05, 0) is 36.8 Å². The summed E-state index contributed by atoms with van der Waals surface area (Å²) < 4.78 is 13.7. The quantitative estimate of drug-likeness (QED) is 0.835. The molecule has 132 valence electrons. The zero-order valence-corrected chi connectivity index (χ0v) is 14.5. The van der Waals surface area contributed by atoms with Gasteiger partial charge in [-0.25, -0.2) is 9.37 Å². The first-order valence-corrected chi connectivity index (χ1v) is 8.71. The van der Waals surface area contributed by atoms with Gasteiger partial charge in [0.05, 0.1) is 5.56 Å². The van der Waals surface area contributed by atoms with E-state index in [1.165, 1.54) is 6.07 Å². The molecule has 5 nitrogen and oxygen atoms in total. The number of benzene rings is 1. The summed E-state index contributed by atoms with van der Waals surface area (Å²) in [6.45, 7) is 4.75. The minimum absolute atomic E-state index is 0.0960. The van der Waals surface area contributed by atoms with Crippen molar-refractivity contribution in [2.45, 2.75) is 6.92 Å². The average molecular weight is 350 g/mol. The van der Waals surface area contributed by atoms with Gasteiger partial charge in [0.15, 0.2) is 0 Å². The number of carbonyl (C=O) groups excluding carboxylic acids is 1. The second-order valence-corrected chi connectivity index (χ2v) is 7.12. The van der Waals surface area contributed by atoms with Crippen molar-refractivity contribution < 1.29 is 9.18 Å². The number of anilines is 1. The van der Waals surface area contributed by atoms with Gasteiger partial charge in [-0.2, -0.15) is 5.26 Å². The fourth-order valence-corrected chi connectivity index (χ4v) is 3.89. The largest absolute Gasteiger partial charge is 0.356 e. The van der Waals surface area contributed by atoms with Crippen molar-refractivity contribution >= 4 is 11.7 Å². The lowest BCUT2D eigenvalue weighted by Crippen LogP contribution is -2.33. The molecule has 3 heterocycles. The molecule has 1 amide bonds. The third-order valence-corrected chi connectivity index (χ3v) is 5.39. The lowest BCUT2D eigenvalue weighted by Gasteiger charge is -2.22. The molecular weight excluding hydrogens is 331 g/mol. The van der Waals surface area contributed by atoms with Gasteiger partial charge in [0.2, 0.25) is 0 Å². The predicted octanol–water partition coefficient (Wildman–Crippen LogP) is 2.61. The number of hydrogen-bond donors (Lipinski definition) is 0. The summed E-state index contributed by atoms with van der Waals surface area (Å²) >= 11 is 0. The Kier molecular flexibility index (Phi) is 4.08. The zero-order chi connectivity index (χ0) is 18.3. The number of pyridine rings is 1. The van der Waals surface area contributed by atoms with E-state index in [1.807, 2.05) is 11.0 Å². The summed E-state index contributed by atoms with van der Waals surface area (Å²) in [5.74, 6) is 1.23. The number of halogens is 1. The van der Waals surface area contributed by atoms with E-state index in [4.69, 9.17) is 5.26 Å². The Balaban J connectivity index is 1.42. The minimum Gasteiger partial charge on any atom is -0.356 e. The Morgan fingerprint density at radius 3 is 2.50 bits per heavy atom. The lowest BCUT2D eigenvalue weighted by atomic mass is 10.0. The lowest BCUT2D eigenvalue weighted by molar-refractivity contribution is 0.0782. The van der Waals surface area contributed by atoms with Crippen LogP contribution >= 0.6 is 0 Å². The molecule has 0 spiro atoms. The molecule has 2 aromatic rings. The number of fused-ring (bicyclic) bond motifs is 1. The molecule has 2 unspecified atom stereocenters. The second-order valence-electron chi connectivity index (χ2n) is 7.12. The molecule has 4 rings (SSSR count). The fourth-order valence-electron chi connectivity index (χ4n) is 3.89. The maximum absolute atomic E-state index is 13.7. The molecule has 2 atom stereocenters. The molecule has 2 saturated heterocycles. The van der Waals surface area contributed by atoms with Crippen LogP contribution in [-0.4, -0.2) is 42.0 Å². The number of hydrogen-bond acceptors (Lipinski definition) is 4. The van der Waals surface area contributed by atoms with Crippen LogP contribution in [0.4, 0.5) is 10.2 Å². The molecule has 1 aromatic carbocycles. The summed E-state index contributed by atoms with van der Waals surface area (Å²) in [5.41, 5.74) is 1.51. The number of nitrogens with zero attached hydrogens (tertiary/aromatic N) is 4. The van der Waals surface area contributed by atoms with Crippen LogP contribution in [0.25, 0.3) is 0 Å². The van der Waals surface area contributed by atoms with Gasteiger partial charge in [-0.1, -0.05) is 6.07 Å². The van der Waals surface area contributed by atoms with Gasteiger partial charge < -0.3 is 9.80 Å². The summed E-state index contributed by atoms with van der Waals surface area (Å²) in [4.78, 5) is 21.1. The van der Waals surface area contributed by atoms with Crippen molar-refractivity contribution in [3.8, 4) is 6.07 Å². The molecular formula is C20H19FN4O. The van der Waals surface area contributed by atoms with Gasteiger partial charge in [0.25, 0.3) is 5.91 Å². The smallest absolute Gasteiger partial charge is 0.253 e. The molecule has 0 radical (unpaired) electrons. The highest BCUT2D eigenvalue weighted by molar-refractivity contribution is 5.94. The number of aromatic nitrogens is 1. The second kappa shape index (κ2) is 6.41. The Morgan fingerprint density at radius 1 is 1.19 bits per heavy atom. The topological polar surface area (TPSA) is 60.2 Å². The summed E-state index contributed by atoms with van der Waals surface area (Å²) in [6.07, 6.45) is 1.59. The minimum atomic E-state index is -0.340. The van der Waals surface area contributed by atoms with Gasteiger partial charge in [0.1, 0.15) is 17.7 Å². The Labute approximate surface area is 151 Å². The molecule has 26 heavy (non-hydrogen) atoms. The highest BCUT2D eigenvalue weighted by Gasteiger charge is 2.42. The summed E-state index contributed by atoms with van der Waals surface area (Å²) in [7, 11) is 0. The van der Waals surface area contributed by atoms with E-state index in [2.05, 4.69) is 16.0 Å². The van der Waals surface area contributed by atoms with Crippen LogP contribution in [0.5, 0.6) is 0 Å². The number of nitriles is 1. The molecule has 0 aliphatic carbocycles. The molecule has 0 N–H and O–H groups in total. The first-order chi connectivity index (χ1) is 12.5. The van der Waals surface area contributed by atoms with Crippen molar-refractivity contribution in [2.24, 2.45) is 11.8 Å². The number of amides is 1. The Morgan fingerprint density at radius 2 is 1.92 bits per heavy atom. The van der Waals surface area contributed by atoms with E-state index in [0.717, 1.165) is 18.9 Å². The molecule has 6 heteroatoms. The maximum Gasteiger partial charge on any atom is 0.253 e. The first kappa shape index (κ1) is 16.5. The maximum atomic E-state index is 13.7. The molecule has 1 aromatic heterocycles. The van der Waals surface area contributed by atoms with Crippen LogP contribution in [0.2, 0.25) is 0 Å². The predicted molar refractivity (Wildman–Crippen MR) is 95.2 cm³/mol. The van der Waals surface area contributed by atoms with Crippen molar-refractivity contribution in [2.75, 3.05) is 31.1 Å². The third kappa shape index (κ3) is 2.90. The number of likely N-dealkylation sites (tertiary alicyclic amines) is 1. The molecule has 0 saturated carbocycles. The van der Waals surface area contributed by atoms with E-state index in [9.17, 15) is 9.18 Å². The SMILES string of the molecule is Cc1ccc(C(=O)N2CC3CN(c4ccc(C#N)cn4)CC3C2)cc1F. The molecule has 2 aliphatic rings. The average Bonchev–Trinajstić information content (AvgIpc) is 3.22. The summed E-state index contributed by atoms with van der Waals surface area (Å²) in [5, 5.41) is 8.87. The van der Waals surface area contributed by atoms with Gasteiger partial charge in [-0.15, -0.1) is 0 Å². The summed E-state index contributed by atoms with van der Waals surface area (Å²) in [6, 6.07) is 10.4. The Hall–Kier alpha value is -2.94. The highest BCUT2D eigenvalue weighted by atomic mass is 19.1. The third-order valence-electron chi connectivity index (χ3n) is 5.39. The number of aryl methyl sites for hydroxylation is 1. The van der Waals surface area contributed by atoms with Gasteiger partial charge in [-0.3, -0.25) is 4.79 Å².